The molecule has 0 aromatic heterocycles. The van der Waals surface area contributed by atoms with E-state index in [4.69, 9.17) is 21.7 Å². The molecule has 0 aliphatic carbocycles. The number of nitrogens with zero attached hydrogens (tertiary/aromatic N) is 1. The number of ether oxygens (including phenoxy) is 2. The van der Waals surface area contributed by atoms with Crippen LogP contribution in [-0.2, 0) is 4.79 Å². The van der Waals surface area contributed by atoms with Crippen LogP contribution in [0.2, 0.25) is 0 Å². The molecule has 0 spiro atoms. The molecule has 0 saturated carbocycles. The number of carbonyl (C=O) groups excluding carboxylic acids is 1. The van der Waals surface area contributed by atoms with Crippen molar-refractivity contribution in [3.05, 3.63) is 27.9 Å². The van der Waals surface area contributed by atoms with E-state index in [-0.39, 0.29) is 5.91 Å². The van der Waals surface area contributed by atoms with E-state index >= 15 is 0 Å². The number of nitrogens with one attached hydrogen (secondary N) is 1. The molecule has 7 heteroatoms. The van der Waals surface area contributed by atoms with E-state index in [1.165, 1.54) is 0 Å². The Morgan fingerprint density at radius 1 is 1.32 bits per heavy atom. The lowest BCUT2D eigenvalue weighted by molar-refractivity contribution is -0.122. The largest absolute Gasteiger partial charge is 0.493 e. The third-order valence-electron chi connectivity index (χ3n) is 3.21. The summed E-state index contributed by atoms with van der Waals surface area (Å²) in [5.74, 6) is 1.09. The summed E-state index contributed by atoms with van der Waals surface area (Å²) in [4.78, 5) is 13.9. The van der Waals surface area contributed by atoms with E-state index in [2.05, 4.69) is 21.2 Å². The van der Waals surface area contributed by atoms with Crippen LogP contribution in [0.1, 0.15) is 18.9 Å². The van der Waals surface area contributed by atoms with Crippen molar-refractivity contribution in [3.8, 4) is 11.5 Å². The first-order valence-corrected chi connectivity index (χ1v) is 7.98. The van der Waals surface area contributed by atoms with Gasteiger partial charge in [-0.25, -0.2) is 0 Å². The van der Waals surface area contributed by atoms with Crippen molar-refractivity contribution in [1.29, 1.82) is 0 Å². The SMILES string of the molecule is CCCN1C(=O)/C(=C/c2cc(OC)c(OC)cc2Br)NC1=S. The van der Waals surface area contributed by atoms with Crippen molar-refractivity contribution in [2.45, 2.75) is 13.3 Å². The molecule has 22 heavy (non-hydrogen) atoms. The summed E-state index contributed by atoms with van der Waals surface area (Å²) in [6, 6.07) is 3.60. The van der Waals surface area contributed by atoms with Crippen LogP contribution in [0.3, 0.4) is 0 Å². The van der Waals surface area contributed by atoms with E-state index < -0.39 is 0 Å². The molecule has 0 radical (unpaired) electrons. The molecule has 5 nitrogen and oxygen atoms in total. The van der Waals surface area contributed by atoms with Gasteiger partial charge in [-0.2, -0.15) is 0 Å². The van der Waals surface area contributed by atoms with Gasteiger partial charge in [0, 0.05) is 11.0 Å². The molecule has 0 bridgehead atoms. The molecular weight excluding hydrogens is 368 g/mol. The minimum absolute atomic E-state index is 0.117. The Balaban J connectivity index is 2.37. The van der Waals surface area contributed by atoms with Gasteiger partial charge in [0.1, 0.15) is 5.70 Å². The van der Waals surface area contributed by atoms with Crippen LogP contribution >= 0.6 is 28.1 Å². The summed E-state index contributed by atoms with van der Waals surface area (Å²) in [7, 11) is 3.14. The van der Waals surface area contributed by atoms with Crippen LogP contribution in [0.5, 0.6) is 11.5 Å². The van der Waals surface area contributed by atoms with Gasteiger partial charge in [-0.3, -0.25) is 9.69 Å². The molecule has 2 rings (SSSR count). The molecule has 1 N–H and O–H groups in total. The van der Waals surface area contributed by atoms with Gasteiger partial charge in [-0.15, -0.1) is 0 Å². The number of carbonyl (C=O) groups is 1. The Labute approximate surface area is 143 Å². The number of rotatable bonds is 5. The second kappa shape index (κ2) is 7.11. The zero-order chi connectivity index (χ0) is 16.3. The first-order valence-electron chi connectivity index (χ1n) is 6.77. The zero-order valence-corrected chi connectivity index (χ0v) is 15.0. The highest BCUT2D eigenvalue weighted by Gasteiger charge is 2.29. The molecule has 1 aromatic rings. The molecule has 0 atom stereocenters. The predicted octanol–water partition coefficient (Wildman–Crippen LogP) is 2.93. The molecule has 1 heterocycles. The Kier molecular flexibility index (Phi) is 5.42. The topological polar surface area (TPSA) is 50.8 Å². The monoisotopic (exact) mass is 384 g/mol. The van der Waals surface area contributed by atoms with Crippen LogP contribution in [-0.4, -0.2) is 36.7 Å². The fourth-order valence-corrected chi connectivity index (χ4v) is 2.86. The molecule has 0 unspecified atom stereocenters. The van der Waals surface area contributed by atoms with Crippen molar-refractivity contribution in [3.63, 3.8) is 0 Å². The number of methoxy groups -OCH3 is 2. The van der Waals surface area contributed by atoms with Gasteiger partial charge in [-0.05, 0) is 42.4 Å². The molecule has 118 valence electrons. The maximum Gasteiger partial charge on any atom is 0.276 e. The van der Waals surface area contributed by atoms with E-state index in [1.54, 1.807) is 37.3 Å². The number of hydrogen-bond acceptors (Lipinski definition) is 4. The summed E-state index contributed by atoms with van der Waals surface area (Å²) >= 11 is 8.67. The lowest BCUT2D eigenvalue weighted by Gasteiger charge is -2.11. The predicted molar refractivity (Wildman–Crippen MR) is 93.0 cm³/mol. The average Bonchev–Trinajstić information content (AvgIpc) is 2.76. The fourth-order valence-electron chi connectivity index (χ4n) is 2.13. The van der Waals surface area contributed by atoms with Gasteiger partial charge in [0.15, 0.2) is 16.6 Å². The van der Waals surface area contributed by atoms with Crippen LogP contribution in [0, 0.1) is 0 Å². The average molecular weight is 385 g/mol. The first-order chi connectivity index (χ1) is 10.5. The molecule has 1 aromatic carbocycles. The third-order valence-corrected chi connectivity index (χ3v) is 4.22. The summed E-state index contributed by atoms with van der Waals surface area (Å²) in [5, 5.41) is 3.40. The van der Waals surface area contributed by atoms with Crippen molar-refractivity contribution in [2.75, 3.05) is 20.8 Å². The number of hydrogen-bond donors (Lipinski definition) is 1. The van der Waals surface area contributed by atoms with Gasteiger partial charge in [0.2, 0.25) is 0 Å². The summed E-state index contributed by atoms with van der Waals surface area (Å²) < 4.78 is 11.3. The minimum atomic E-state index is -0.117. The number of benzene rings is 1. The molecule has 1 saturated heterocycles. The van der Waals surface area contributed by atoms with E-state index in [0.29, 0.717) is 28.9 Å². The summed E-state index contributed by atoms with van der Waals surface area (Å²) in [5.41, 5.74) is 1.25. The van der Waals surface area contributed by atoms with Crippen LogP contribution in [0.15, 0.2) is 22.3 Å². The normalized spacial score (nSPS) is 16.2. The third kappa shape index (κ3) is 3.25. The second-order valence-electron chi connectivity index (χ2n) is 4.67. The standard InChI is InChI=1S/C15H17BrN2O3S/c1-4-5-18-14(19)11(17-15(18)22)6-9-7-12(20-2)13(21-3)8-10(9)16/h6-8H,4-5H2,1-3H3,(H,17,22)/b11-6-. The van der Waals surface area contributed by atoms with Gasteiger partial charge in [-0.1, -0.05) is 22.9 Å². The quantitative estimate of drug-likeness (QED) is 0.624. The summed E-state index contributed by atoms with van der Waals surface area (Å²) in [6.07, 6.45) is 2.59. The number of halogens is 1. The zero-order valence-electron chi connectivity index (χ0n) is 12.6. The minimum Gasteiger partial charge on any atom is -0.493 e. The highest BCUT2D eigenvalue weighted by Crippen LogP contribution is 2.34. The van der Waals surface area contributed by atoms with Crippen LogP contribution in [0.4, 0.5) is 0 Å². The number of thiocarbonyl (C=S) groups is 1. The van der Waals surface area contributed by atoms with Crippen LogP contribution in [0.25, 0.3) is 6.08 Å². The molecule has 1 amide bonds. The molecule has 1 fully saturated rings. The highest BCUT2D eigenvalue weighted by atomic mass is 79.9. The Morgan fingerprint density at radius 3 is 2.55 bits per heavy atom. The van der Waals surface area contributed by atoms with Crippen molar-refractivity contribution < 1.29 is 14.3 Å². The Morgan fingerprint density at radius 2 is 1.95 bits per heavy atom. The highest BCUT2D eigenvalue weighted by molar-refractivity contribution is 9.10. The van der Waals surface area contributed by atoms with Crippen molar-refractivity contribution in [2.24, 2.45) is 0 Å². The van der Waals surface area contributed by atoms with Gasteiger partial charge >= 0.3 is 0 Å². The van der Waals surface area contributed by atoms with E-state index in [9.17, 15) is 4.79 Å². The van der Waals surface area contributed by atoms with Gasteiger partial charge < -0.3 is 14.8 Å². The molecule has 1 aliphatic rings. The summed E-state index contributed by atoms with van der Waals surface area (Å²) in [6.45, 7) is 2.61. The lowest BCUT2D eigenvalue weighted by atomic mass is 10.1. The smallest absolute Gasteiger partial charge is 0.276 e. The maximum absolute atomic E-state index is 12.3. The van der Waals surface area contributed by atoms with Crippen LogP contribution < -0.4 is 14.8 Å². The van der Waals surface area contributed by atoms with Gasteiger partial charge in [0.25, 0.3) is 5.91 Å². The molecular formula is C15H17BrN2O3S. The van der Waals surface area contributed by atoms with Gasteiger partial charge in [0.05, 0.1) is 14.2 Å². The van der Waals surface area contributed by atoms with E-state index in [1.807, 2.05) is 6.92 Å². The Bertz CT molecular complexity index is 646. The lowest BCUT2D eigenvalue weighted by Crippen LogP contribution is -2.31. The fraction of sp³-hybridized carbons (Fsp3) is 0.333. The van der Waals surface area contributed by atoms with Crippen molar-refractivity contribution >= 4 is 45.2 Å². The number of amides is 1. The molecule has 1 aliphatic heterocycles. The first kappa shape index (κ1) is 16.8. The van der Waals surface area contributed by atoms with E-state index in [0.717, 1.165) is 16.5 Å². The second-order valence-corrected chi connectivity index (χ2v) is 5.91. The Hall–Kier alpha value is -1.60. The van der Waals surface area contributed by atoms with Crippen molar-refractivity contribution in [1.82, 2.24) is 10.2 Å². The maximum atomic E-state index is 12.3.